The number of carbonyl (C=O) groups excluding carboxylic acids is 1. The Bertz CT molecular complexity index is 609. The van der Waals surface area contributed by atoms with Gasteiger partial charge in [-0.3, -0.25) is 9.78 Å². The van der Waals surface area contributed by atoms with Crippen molar-refractivity contribution < 1.29 is 9.90 Å². The minimum atomic E-state index is -0.512. The van der Waals surface area contributed by atoms with E-state index in [4.69, 9.17) is 0 Å². The second-order valence-corrected chi connectivity index (χ2v) is 4.85. The number of hydrogen-bond donors (Lipinski definition) is 1. The standard InChI is InChI=1S/C16H16N2O2/c19-11-13(12-5-2-1-3-6-12)16(20)18-10-8-14-15(18)7-4-9-17-14/h1-7,9,13,19H,8,10-11H2. The Labute approximate surface area is 117 Å². The van der Waals surface area contributed by atoms with E-state index in [0.717, 1.165) is 23.4 Å². The van der Waals surface area contributed by atoms with Gasteiger partial charge in [0.1, 0.15) is 0 Å². The van der Waals surface area contributed by atoms with Gasteiger partial charge in [0.2, 0.25) is 5.91 Å². The molecule has 102 valence electrons. The fourth-order valence-corrected chi connectivity index (χ4v) is 2.63. The molecule has 1 N–H and O–H groups in total. The lowest BCUT2D eigenvalue weighted by Crippen LogP contribution is -2.35. The lowest BCUT2D eigenvalue weighted by atomic mass is 9.98. The number of benzene rings is 1. The number of hydrogen-bond acceptors (Lipinski definition) is 3. The highest BCUT2D eigenvalue weighted by molar-refractivity contribution is 5.99. The highest BCUT2D eigenvalue weighted by Gasteiger charge is 2.31. The van der Waals surface area contributed by atoms with E-state index >= 15 is 0 Å². The van der Waals surface area contributed by atoms with E-state index in [9.17, 15) is 9.90 Å². The van der Waals surface area contributed by atoms with E-state index in [1.807, 2.05) is 42.5 Å². The van der Waals surface area contributed by atoms with Gasteiger partial charge in [0.25, 0.3) is 0 Å². The van der Waals surface area contributed by atoms with Gasteiger partial charge in [-0.1, -0.05) is 30.3 Å². The van der Waals surface area contributed by atoms with Crippen molar-refractivity contribution in [2.24, 2.45) is 0 Å². The van der Waals surface area contributed by atoms with Crippen molar-refractivity contribution in [2.75, 3.05) is 18.1 Å². The zero-order valence-corrected chi connectivity index (χ0v) is 11.1. The van der Waals surface area contributed by atoms with Crippen molar-refractivity contribution in [3.63, 3.8) is 0 Å². The molecule has 0 fully saturated rings. The number of nitrogens with zero attached hydrogens (tertiary/aromatic N) is 2. The molecule has 4 heteroatoms. The molecule has 3 rings (SSSR count). The largest absolute Gasteiger partial charge is 0.395 e. The van der Waals surface area contributed by atoms with Crippen LogP contribution in [0.4, 0.5) is 5.69 Å². The van der Waals surface area contributed by atoms with Crippen molar-refractivity contribution in [3.8, 4) is 0 Å². The quantitative estimate of drug-likeness (QED) is 0.922. The van der Waals surface area contributed by atoms with Crippen LogP contribution in [0.2, 0.25) is 0 Å². The first kappa shape index (κ1) is 12.8. The molecule has 1 atom stereocenters. The summed E-state index contributed by atoms with van der Waals surface area (Å²) in [7, 11) is 0. The third-order valence-corrected chi connectivity index (χ3v) is 3.68. The maximum Gasteiger partial charge on any atom is 0.236 e. The molecular formula is C16H16N2O2. The van der Waals surface area contributed by atoms with E-state index in [0.29, 0.717) is 6.54 Å². The Kier molecular flexibility index (Phi) is 3.48. The predicted molar refractivity (Wildman–Crippen MR) is 76.6 cm³/mol. The van der Waals surface area contributed by atoms with E-state index in [2.05, 4.69) is 4.98 Å². The summed E-state index contributed by atoms with van der Waals surface area (Å²) in [6.45, 7) is 0.448. The van der Waals surface area contributed by atoms with Crippen molar-refractivity contribution in [1.29, 1.82) is 0 Å². The Hall–Kier alpha value is -2.20. The zero-order valence-electron chi connectivity index (χ0n) is 11.1. The average Bonchev–Trinajstić information content (AvgIpc) is 2.93. The monoisotopic (exact) mass is 268 g/mol. The van der Waals surface area contributed by atoms with Gasteiger partial charge in [0.15, 0.2) is 0 Å². The number of aliphatic hydroxyl groups is 1. The van der Waals surface area contributed by atoms with Crippen LogP contribution in [0.1, 0.15) is 17.2 Å². The third-order valence-electron chi connectivity index (χ3n) is 3.68. The molecule has 2 aromatic rings. The highest BCUT2D eigenvalue weighted by Crippen LogP contribution is 2.29. The summed E-state index contributed by atoms with van der Waals surface area (Å²) in [5.74, 6) is -0.576. The minimum absolute atomic E-state index is 0.0644. The highest BCUT2D eigenvalue weighted by atomic mass is 16.3. The van der Waals surface area contributed by atoms with Gasteiger partial charge in [0, 0.05) is 19.2 Å². The summed E-state index contributed by atoms with van der Waals surface area (Å²) in [4.78, 5) is 18.7. The van der Waals surface area contributed by atoms with Gasteiger partial charge in [0.05, 0.1) is 23.9 Å². The van der Waals surface area contributed by atoms with Crippen molar-refractivity contribution in [2.45, 2.75) is 12.3 Å². The normalized spacial score (nSPS) is 14.9. The molecule has 20 heavy (non-hydrogen) atoms. The third kappa shape index (κ3) is 2.18. The summed E-state index contributed by atoms with van der Waals surface area (Å²) in [5, 5.41) is 9.60. The molecule has 0 aliphatic carbocycles. The molecule has 0 radical (unpaired) electrons. The van der Waals surface area contributed by atoms with Crippen molar-refractivity contribution in [3.05, 3.63) is 59.9 Å². The van der Waals surface area contributed by atoms with Crippen LogP contribution in [0.5, 0.6) is 0 Å². The van der Waals surface area contributed by atoms with Crippen LogP contribution in [-0.4, -0.2) is 29.1 Å². The Morgan fingerprint density at radius 2 is 2.05 bits per heavy atom. The first-order valence-electron chi connectivity index (χ1n) is 6.72. The predicted octanol–water partition coefficient (Wildman–Crippen LogP) is 1.75. The average molecular weight is 268 g/mol. The summed E-state index contributed by atoms with van der Waals surface area (Å²) in [6.07, 6.45) is 2.52. The number of amides is 1. The minimum Gasteiger partial charge on any atom is -0.395 e. The van der Waals surface area contributed by atoms with Crippen LogP contribution in [0, 0.1) is 0 Å². The molecule has 0 bridgehead atoms. The molecule has 1 aromatic carbocycles. The number of fused-ring (bicyclic) bond motifs is 1. The topological polar surface area (TPSA) is 53.4 Å². The van der Waals surface area contributed by atoms with Crippen LogP contribution in [0.3, 0.4) is 0 Å². The Morgan fingerprint density at radius 1 is 1.25 bits per heavy atom. The molecule has 1 amide bonds. The summed E-state index contributed by atoms with van der Waals surface area (Å²) in [6, 6.07) is 13.2. The maximum atomic E-state index is 12.7. The molecule has 1 unspecified atom stereocenters. The SMILES string of the molecule is O=C(C(CO)c1ccccc1)N1CCc2ncccc21. The lowest BCUT2D eigenvalue weighted by Gasteiger charge is -2.22. The molecule has 1 aromatic heterocycles. The second kappa shape index (κ2) is 5.43. The lowest BCUT2D eigenvalue weighted by molar-refractivity contribution is -0.120. The zero-order chi connectivity index (χ0) is 13.9. The van der Waals surface area contributed by atoms with Gasteiger partial charge in [-0.2, -0.15) is 0 Å². The Morgan fingerprint density at radius 3 is 2.80 bits per heavy atom. The molecule has 2 heterocycles. The van der Waals surface area contributed by atoms with Gasteiger partial charge in [-0.15, -0.1) is 0 Å². The number of carbonyl (C=O) groups is 1. The fraction of sp³-hybridized carbons (Fsp3) is 0.250. The van der Waals surface area contributed by atoms with Gasteiger partial charge in [-0.05, 0) is 17.7 Å². The molecule has 0 spiro atoms. The first-order chi connectivity index (χ1) is 9.81. The summed E-state index contributed by atoms with van der Waals surface area (Å²) in [5.41, 5.74) is 2.66. The van der Waals surface area contributed by atoms with E-state index < -0.39 is 5.92 Å². The molecule has 0 saturated heterocycles. The fourth-order valence-electron chi connectivity index (χ4n) is 2.63. The van der Waals surface area contributed by atoms with Gasteiger partial charge in [-0.25, -0.2) is 0 Å². The summed E-state index contributed by atoms with van der Waals surface area (Å²) < 4.78 is 0. The van der Waals surface area contributed by atoms with Crippen LogP contribution >= 0.6 is 0 Å². The number of aromatic nitrogens is 1. The van der Waals surface area contributed by atoms with Crippen LogP contribution in [0.15, 0.2) is 48.7 Å². The smallest absolute Gasteiger partial charge is 0.236 e. The molecule has 1 aliphatic heterocycles. The van der Waals surface area contributed by atoms with E-state index in [1.165, 1.54) is 0 Å². The maximum absolute atomic E-state index is 12.7. The van der Waals surface area contributed by atoms with Crippen LogP contribution < -0.4 is 4.90 Å². The van der Waals surface area contributed by atoms with Crippen LogP contribution in [0.25, 0.3) is 0 Å². The van der Waals surface area contributed by atoms with Crippen LogP contribution in [-0.2, 0) is 11.2 Å². The number of anilines is 1. The number of rotatable bonds is 3. The van der Waals surface area contributed by atoms with E-state index in [-0.39, 0.29) is 12.5 Å². The van der Waals surface area contributed by atoms with Gasteiger partial charge >= 0.3 is 0 Å². The first-order valence-corrected chi connectivity index (χ1v) is 6.72. The van der Waals surface area contributed by atoms with Crippen molar-refractivity contribution >= 4 is 11.6 Å². The molecular weight excluding hydrogens is 252 g/mol. The Balaban J connectivity index is 1.89. The molecule has 1 aliphatic rings. The second-order valence-electron chi connectivity index (χ2n) is 4.85. The van der Waals surface area contributed by atoms with Crippen molar-refractivity contribution in [1.82, 2.24) is 4.98 Å². The number of pyridine rings is 1. The van der Waals surface area contributed by atoms with Gasteiger partial charge < -0.3 is 10.0 Å². The van der Waals surface area contributed by atoms with E-state index in [1.54, 1.807) is 11.1 Å². The molecule has 0 saturated carbocycles. The molecule has 4 nitrogen and oxygen atoms in total. The summed E-state index contributed by atoms with van der Waals surface area (Å²) >= 11 is 0. The number of aliphatic hydroxyl groups excluding tert-OH is 1.